The number of ether oxygens (including phenoxy) is 2. The van der Waals surface area contributed by atoms with Crippen LogP contribution in [0.3, 0.4) is 0 Å². The van der Waals surface area contributed by atoms with Crippen LogP contribution >= 0.6 is 11.8 Å². The number of carbonyl (C=O) groups is 2. The summed E-state index contributed by atoms with van der Waals surface area (Å²) >= 11 is 1.49. The van der Waals surface area contributed by atoms with Crippen molar-refractivity contribution in [2.75, 3.05) is 13.7 Å². The van der Waals surface area contributed by atoms with Gasteiger partial charge in [-0.1, -0.05) is 11.8 Å². The second-order valence-corrected chi connectivity index (χ2v) is 7.58. The van der Waals surface area contributed by atoms with Crippen molar-refractivity contribution in [1.29, 1.82) is 0 Å². The molecule has 0 aliphatic carbocycles. The summed E-state index contributed by atoms with van der Waals surface area (Å²) in [5.41, 5.74) is -0.618. The molecule has 128 valence electrons. The highest BCUT2D eigenvalue weighted by atomic mass is 32.2. The van der Waals surface area contributed by atoms with Gasteiger partial charge in [0.25, 0.3) is 0 Å². The Hall–Kier alpha value is -1.77. The first kappa shape index (κ1) is 17.6. The van der Waals surface area contributed by atoms with E-state index < -0.39 is 23.7 Å². The fourth-order valence-corrected chi connectivity index (χ4v) is 3.43. The van der Waals surface area contributed by atoms with Gasteiger partial charge in [-0.3, -0.25) is 4.90 Å². The topological polar surface area (TPSA) is 86.5 Å². The molecule has 1 aromatic heterocycles. The summed E-state index contributed by atoms with van der Waals surface area (Å²) in [7, 11) is 3.12. The first-order chi connectivity index (χ1) is 10.7. The molecule has 2 atom stereocenters. The number of amides is 1. The first-order valence-electron chi connectivity index (χ1n) is 7.29. The molecule has 0 aromatic carbocycles. The number of aromatic nitrogens is 3. The zero-order valence-corrected chi connectivity index (χ0v) is 14.8. The number of likely N-dealkylation sites (tertiary alicyclic amines) is 1. The summed E-state index contributed by atoms with van der Waals surface area (Å²) in [6.45, 7) is 5.77. The van der Waals surface area contributed by atoms with Gasteiger partial charge < -0.3 is 9.47 Å². The molecule has 23 heavy (non-hydrogen) atoms. The van der Waals surface area contributed by atoms with Gasteiger partial charge in [0.05, 0.1) is 7.11 Å². The summed E-state index contributed by atoms with van der Waals surface area (Å²) in [6, 6.07) is -0.638. The maximum atomic E-state index is 12.4. The minimum Gasteiger partial charge on any atom is -0.467 e. The molecule has 1 aromatic rings. The van der Waals surface area contributed by atoms with Crippen molar-refractivity contribution in [3.63, 3.8) is 0 Å². The number of carbonyl (C=O) groups excluding carboxylic acids is 2. The second-order valence-electron chi connectivity index (χ2n) is 6.31. The van der Waals surface area contributed by atoms with Crippen LogP contribution in [0.1, 0.15) is 27.2 Å². The SMILES string of the molecule is COC(=O)C1CC(Sc2ncnn2C)CN1C(=O)OC(C)(C)C. The van der Waals surface area contributed by atoms with E-state index in [1.54, 1.807) is 32.5 Å². The van der Waals surface area contributed by atoms with Gasteiger partial charge in [0.2, 0.25) is 0 Å². The Bertz CT molecular complexity index is 584. The number of esters is 1. The molecule has 0 saturated carbocycles. The summed E-state index contributed by atoms with van der Waals surface area (Å²) in [6.07, 6.45) is 1.46. The number of methoxy groups -OCH3 is 1. The fourth-order valence-electron chi connectivity index (χ4n) is 2.31. The lowest BCUT2D eigenvalue weighted by Gasteiger charge is -2.27. The van der Waals surface area contributed by atoms with Crippen molar-refractivity contribution >= 4 is 23.8 Å². The molecule has 2 rings (SSSR count). The van der Waals surface area contributed by atoms with Crippen LogP contribution in [-0.2, 0) is 21.3 Å². The number of aryl methyl sites for hydroxylation is 1. The van der Waals surface area contributed by atoms with E-state index in [4.69, 9.17) is 9.47 Å². The smallest absolute Gasteiger partial charge is 0.411 e. The Kier molecular flexibility index (Phi) is 5.18. The van der Waals surface area contributed by atoms with E-state index in [0.717, 1.165) is 5.16 Å². The third kappa shape index (κ3) is 4.37. The molecule has 1 aliphatic heterocycles. The molecule has 1 aliphatic rings. The van der Waals surface area contributed by atoms with Gasteiger partial charge in [0.15, 0.2) is 5.16 Å². The second kappa shape index (κ2) is 6.77. The lowest BCUT2D eigenvalue weighted by molar-refractivity contribution is -0.145. The molecule has 1 amide bonds. The summed E-state index contributed by atoms with van der Waals surface area (Å²) < 4.78 is 11.9. The predicted molar refractivity (Wildman–Crippen MR) is 84.0 cm³/mol. The van der Waals surface area contributed by atoms with Crippen LogP contribution in [0, 0.1) is 0 Å². The van der Waals surface area contributed by atoms with Crippen molar-refractivity contribution in [2.24, 2.45) is 7.05 Å². The Labute approximate surface area is 139 Å². The largest absolute Gasteiger partial charge is 0.467 e. The quantitative estimate of drug-likeness (QED) is 0.769. The molecule has 1 saturated heterocycles. The van der Waals surface area contributed by atoms with E-state index in [2.05, 4.69) is 10.1 Å². The van der Waals surface area contributed by atoms with Crippen molar-refractivity contribution in [1.82, 2.24) is 19.7 Å². The number of hydrogen-bond donors (Lipinski definition) is 0. The highest BCUT2D eigenvalue weighted by Gasteiger charge is 2.42. The van der Waals surface area contributed by atoms with Gasteiger partial charge in [-0.25, -0.2) is 19.3 Å². The third-order valence-electron chi connectivity index (χ3n) is 3.31. The van der Waals surface area contributed by atoms with Crippen molar-refractivity contribution < 1.29 is 19.1 Å². The third-order valence-corrected chi connectivity index (χ3v) is 4.56. The monoisotopic (exact) mass is 342 g/mol. The highest BCUT2D eigenvalue weighted by molar-refractivity contribution is 7.99. The van der Waals surface area contributed by atoms with Gasteiger partial charge >= 0.3 is 12.1 Å². The molecule has 0 spiro atoms. The first-order valence-corrected chi connectivity index (χ1v) is 8.17. The van der Waals surface area contributed by atoms with Crippen LogP contribution in [0.4, 0.5) is 4.79 Å². The van der Waals surface area contributed by atoms with Crippen molar-refractivity contribution in [2.45, 2.75) is 49.2 Å². The standard InChI is InChI=1S/C14H22N4O4S/c1-14(2,3)22-13(20)18-7-9(6-10(18)11(19)21-5)23-12-15-8-16-17(12)4/h8-10H,6-7H2,1-5H3. The Morgan fingerprint density at radius 1 is 1.39 bits per heavy atom. The summed E-state index contributed by atoms with van der Waals surface area (Å²) in [5.74, 6) is -0.433. The van der Waals surface area contributed by atoms with Crippen molar-refractivity contribution in [3.05, 3.63) is 6.33 Å². The van der Waals surface area contributed by atoms with E-state index >= 15 is 0 Å². The zero-order valence-electron chi connectivity index (χ0n) is 14.0. The number of thioether (sulfide) groups is 1. The Morgan fingerprint density at radius 2 is 2.09 bits per heavy atom. The fraction of sp³-hybridized carbons (Fsp3) is 0.714. The molecule has 2 unspecified atom stereocenters. The minimum absolute atomic E-state index is 0.0227. The van der Waals surface area contributed by atoms with Crippen LogP contribution in [0.5, 0.6) is 0 Å². The van der Waals surface area contributed by atoms with E-state index in [1.165, 1.54) is 30.1 Å². The van der Waals surface area contributed by atoms with Crippen LogP contribution in [0.2, 0.25) is 0 Å². The minimum atomic E-state index is -0.638. The van der Waals surface area contributed by atoms with Crippen LogP contribution in [0.15, 0.2) is 11.5 Å². The maximum absolute atomic E-state index is 12.4. The lowest BCUT2D eigenvalue weighted by atomic mass is 10.2. The van der Waals surface area contributed by atoms with Crippen LogP contribution in [-0.4, -0.2) is 62.3 Å². The maximum Gasteiger partial charge on any atom is 0.411 e. The van der Waals surface area contributed by atoms with Gasteiger partial charge in [-0.2, -0.15) is 5.10 Å². The molecule has 0 N–H and O–H groups in total. The van der Waals surface area contributed by atoms with E-state index in [1.807, 2.05) is 0 Å². The number of hydrogen-bond acceptors (Lipinski definition) is 7. The Balaban J connectivity index is 2.11. The number of nitrogens with zero attached hydrogens (tertiary/aromatic N) is 4. The molecular weight excluding hydrogens is 320 g/mol. The molecule has 0 radical (unpaired) electrons. The average Bonchev–Trinajstić information content (AvgIpc) is 3.04. The van der Waals surface area contributed by atoms with E-state index in [9.17, 15) is 9.59 Å². The zero-order chi connectivity index (χ0) is 17.2. The molecule has 8 nitrogen and oxygen atoms in total. The molecular formula is C14H22N4O4S. The van der Waals surface area contributed by atoms with Crippen molar-refractivity contribution in [3.8, 4) is 0 Å². The van der Waals surface area contributed by atoms with Gasteiger partial charge in [-0.05, 0) is 27.2 Å². The van der Waals surface area contributed by atoms with Crippen LogP contribution < -0.4 is 0 Å². The molecule has 9 heteroatoms. The van der Waals surface area contributed by atoms with E-state index in [-0.39, 0.29) is 5.25 Å². The van der Waals surface area contributed by atoms with Gasteiger partial charge in [0.1, 0.15) is 18.0 Å². The van der Waals surface area contributed by atoms with Gasteiger partial charge in [-0.15, -0.1) is 0 Å². The number of rotatable bonds is 3. The van der Waals surface area contributed by atoms with Crippen LogP contribution in [0.25, 0.3) is 0 Å². The Morgan fingerprint density at radius 3 is 2.61 bits per heavy atom. The average molecular weight is 342 g/mol. The predicted octanol–water partition coefficient (Wildman–Crippen LogP) is 1.46. The molecule has 1 fully saturated rings. The molecule has 0 bridgehead atoms. The highest BCUT2D eigenvalue weighted by Crippen LogP contribution is 2.33. The van der Waals surface area contributed by atoms with Gasteiger partial charge in [0, 0.05) is 18.8 Å². The summed E-state index contributed by atoms with van der Waals surface area (Å²) in [4.78, 5) is 30.0. The molecule has 2 heterocycles. The summed E-state index contributed by atoms with van der Waals surface area (Å²) in [5, 5.41) is 4.78. The normalized spacial score (nSPS) is 21.3. The lowest BCUT2D eigenvalue weighted by Crippen LogP contribution is -2.43. The van der Waals surface area contributed by atoms with E-state index in [0.29, 0.717) is 13.0 Å².